The smallest absolute Gasteiger partial charge is 0.213 e. The Morgan fingerprint density at radius 3 is 2.88 bits per heavy atom. The molecule has 6 nitrogen and oxygen atoms in total. The van der Waals surface area contributed by atoms with Crippen molar-refractivity contribution >= 4 is 5.69 Å². The van der Waals surface area contributed by atoms with Gasteiger partial charge < -0.3 is 14.6 Å². The van der Waals surface area contributed by atoms with Crippen LogP contribution in [0.25, 0.3) is 0 Å². The number of anilines is 1. The SMILES string of the molecule is COc1ccc(NCc2nncn2C)cn1. The van der Waals surface area contributed by atoms with Gasteiger partial charge in [-0.25, -0.2) is 4.98 Å². The summed E-state index contributed by atoms with van der Waals surface area (Å²) < 4.78 is 6.84. The fraction of sp³-hybridized carbons (Fsp3) is 0.300. The maximum atomic E-state index is 4.97. The summed E-state index contributed by atoms with van der Waals surface area (Å²) in [4.78, 5) is 4.09. The van der Waals surface area contributed by atoms with E-state index < -0.39 is 0 Å². The highest BCUT2D eigenvalue weighted by Gasteiger charge is 2.00. The lowest BCUT2D eigenvalue weighted by Crippen LogP contribution is -2.05. The van der Waals surface area contributed by atoms with Crippen molar-refractivity contribution in [1.29, 1.82) is 0 Å². The van der Waals surface area contributed by atoms with Crippen LogP contribution in [0.4, 0.5) is 5.69 Å². The first-order chi connectivity index (χ1) is 7.79. The van der Waals surface area contributed by atoms with Crippen LogP contribution >= 0.6 is 0 Å². The van der Waals surface area contributed by atoms with E-state index in [9.17, 15) is 0 Å². The number of aromatic nitrogens is 4. The largest absolute Gasteiger partial charge is 0.481 e. The average molecular weight is 219 g/mol. The van der Waals surface area contributed by atoms with Crippen molar-refractivity contribution in [3.8, 4) is 5.88 Å². The first kappa shape index (κ1) is 10.4. The van der Waals surface area contributed by atoms with E-state index in [2.05, 4.69) is 20.5 Å². The Morgan fingerprint density at radius 1 is 1.44 bits per heavy atom. The van der Waals surface area contributed by atoms with E-state index in [4.69, 9.17) is 4.74 Å². The third-order valence-corrected chi connectivity index (χ3v) is 2.20. The minimum absolute atomic E-state index is 0.601. The molecule has 0 aliphatic rings. The predicted octanol–water partition coefficient (Wildman–Crippen LogP) is 0.831. The summed E-state index contributed by atoms with van der Waals surface area (Å²) in [6.07, 6.45) is 3.39. The van der Waals surface area contributed by atoms with Crippen LogP contribution in [0.1, 0.15) is 5.82 Å². The molecule has 84 valence electrons. The molecule has 2 aromatic rings. The fourth-order valence-corrected chi connectivity index (χ4v) is 1.25. The predicted molar refractivity (Wildman–Crippen MR) is 59.1 cm³/mol. The van der Waals surface area contributed by atoms with Crippen LogP contribution < -0.4 is 10.1 Å². The fourth-order valence-electron chi connectivity index (χ4n) is 1.25. The van der Waals surface area contributed by atoms with Gasteiger partial charge in [-0.1, -0.05) is 0 Å². The first-order valence-corrected chi connectivity index (χ1v) is 4.86. The zero-order chi connectivity index (χ0) is 11.4. The lowest BCUT2D eigenvalue weighted by molar-refractivity contribution is 0.398. The van der Waals surface area contributed by atoms with Crippen LogP contribution in [0.3, 0.4) is 0 Å². The van der Waals surface area contributed by atoms with E-state index >= 15 is 0 Å². The van der Waals surface area contributed by atoms with E-state index in [-0.39, 0.29) is 0 Å². The molecule has 0 aliphatic heterocycles. The number of aryl methyl sites for hydroxylation is 1. The molecule has 16 heavy (non-hydrogen) atoms. The van der Waals surface area contributed by atoms with Gasteiger partial charge in [-0.05, 0) is 6.07 Å². The number of nitrogens with one attached hydrogen (secondary N) is 1. The average Bonchev–Trinajstić information content (AvgIpc) is 2.73. The number of rotatable bonds is 4. The molecule has 0 amide bonds. The summed E-state index contributed by atoms with van der Waals surface area (Å²) in [5.74, 6) is 1.47. The van der Waals surface area contributed by atoms with E-state index in [1.54, 1.807) is 25.7 Å². The Labute approximate surface area is 93.3 Å². The van der Waals surface area contributed by atoms with E-state index in [0.717, 1.165) is 11.5 Å². The zero-order valence-electron chi connectivity index (χ0n) is 9.21. The van der Waals surface area contributed by atoms with Crippen molar-refractivity contribution in [3.63, 3.8) is 0 Å². The second-order valence-electron chi connectivity index (χ2n) is 3.30. The van der Waals surface area contributed by atoms with E-state index in [1.807, 2.05) is 17.7 Å². The molecule has 0 saturated carbocycles. The third-order valence-electron chi connectivity index (χ3n) is 2.20. The Kier molecular flexibility index (Phi) is 3.00. The molecule has 0 atom stereocenters. The van der Waals surface area contributed by atoms with Crippen molar-refractivity contribution in [2.45, 2.75) is 6.54 Å². The van der Waals surface area contributed by atoms with Gasteiger partial charge in [0.05, 0.1) is 25.5 Å². The molecule has 2 aromatic heterocycles. The number of methoxy groups -OCH3 is 1. The maximum Gasteiger partial charge on any atom is 0.213 e. The molecule has 0 aliphatic carbocycles. The highest BCUT2D eigenvalue weighted by molar-refractivity contribution is 5.41. The van der Waals surface area contributed by atoms with E-state index in [1.165, 1.54) is 0 Å². The molecule has 0 fully saturated rings. The molecule has 0 spiro atoms. The zero-order valence-corrected chi connectivity index (χ0v) is 9.21. The summed E-state index contributed by atoms with van der Waals surface area (Å²) >= 11 is 0. The van der Waals surface area contributed by atoms with Gasteiger partial charge in [0.15, 0.2) is 5.82 Å². The monoisotopic (exact) mass is 219 g/mol. The Balaban J connectivity index is 1.97. The van der Waals surface area contributed by atoms with Gasteiger partial charge in [-0.15, -0.1) is 10.2 Å². The van der Waals surface area contributed by atoms with Crippen LogP contribution in [0.2, 0.25) is 0 Å². The molecule has 2 heterocycles. The number of nitrogens with zero attached hydrogens (tertiary/aromatic N) is 4. The molecule has 1 N–H and O–H groups in total. The molecule has 0 aromatic carbocycles. The first-order valence-electron chi connectivity index (χ1n) is 4.86. The number of pyridine rings is 1. The number of ether oxygens (including phenoxy) is 1. The van der Waals surface area contributed by atoms with Crippen molar-refractivity contribution in [2.24, 2.45) is 7.05 Å². The molecular formula is C10H13N5O. The van der Waals surface area contributed by atoms with Gasteiger partial charge >= 0.3 is 0 Å². The molecular weight excluding hydrogens is 206 g/mol. The van der Waals surface area contributed by atoms with Crippen LogP contribution in [0.5, 0.6) is 5.88 Å². The van der Waals surface area contributed by atoms with Crippen molar-refractivity contribution in [3.05, 3.63) is 30.5 Å². The van der Waals surface area contributed by atoms with E-state index in [0.29, 0.717) is 12.4 Å². The second-order valence-corrected chi connectivity index (χ2v) is 3.30. The van der Waals surface area contributed by atoms with Crippen molar-refractivity contribution in [2.75, 3.05) is 12.4 Å². The standard InChI is InChI=1S/C10H13N5O/c1-15-7-13-14-9(15)6-11-8-3-4-10(16-2)12-5-8/h3-5,7,11H,6H2,1-2H3. The summed E-state index contributed by atoms with van der Waals surface area (Å²) in [5, 5.41) is 11.0. The van der Waals surface area contributed by atoms with Crippen LogP contribution in [-0.2, 0) is 13.6 Å². The topological polar surface area (TPSA) is 64.9 Å². The Bertz CT molecular complexity index is 450. The van der Waals surface area contributed by atoms with Gasteiger partial charge in [0, 0.05) is 13.1 Å². The third kappa shape index (κ3) is 2.28. The lowest BCUT2D eigenvalue weighted by Gasteiger charge is -2.05. The molecule has 0 bridgehead atoms. The van der Waals surface area contributed by atoms with Gasteiger partial charge in [-0.3, -0.25) is 0 Å². The molecule has 0 radical (unpaired) electrons. The van der Waals surface area contributed by atoms with Crippen LogP contribution in [-0.4, -0.2) is 26.9 Å². The normalized spacial score (nSPS) is 10.1. The Morgan fingerprint density at radius 2 is 2.31 bits per heavy atom. The van der Waals surface area contributed by atoms with Gasteiger partial charge in [0.1, 0.15) is 6.33 Å². The van der Waals surface area contributed by atoms with Gasteiger partial charge in [0.25, 0.3) is 0 Å². The van der Waals surface area contributed by atoms with Crippen molar-refractivity contribution in [1.82, 2.24) is 19.7 Å². The number of hydrogen-bond donors (Lipinski definition) is 1. The van der Waals surface area contributed by atoms with Crippen LogP contribution in [0, 0.1) is 0 Å². The minimum Gasteiger partial charge on any atom is -0.481 e. The maximum absolute atomic E-state index is 4.97. The number of hydrogen-bond acceptors (Lipinski definition) is 5. The lowest BCUT2D eigenvalue weighted by atomic mass is 10.4. The molecule has 0 saturated heterocycles. The quantitative estimate of drug-likeness (QED) is 0.825. The van der Waals surface area contributed by atoms with Gasteiger partial charge in [-0.2, -0.15) is 0 Å². The summed E-state index contributed by atoms with van der Waals surface area (Å²) in [5.41, 5.74) is 0.920. The Hall–Kier alpha value is -2.11. The summed E-state index contributed by atoms with van der Waals surface area (Å²) in [6.45, 7) is 0.616. The summed E-state index contributed by atoms with van der Waals surface area (Å²) in [6, 6.07) is 3.71. The second kappa shape index (κ2) is 4.61. The van der Waals surface area contributed by atoms with Crippen LogP contribution in [0.15, 0.2) is 24.7 Å². The highest BCUT2D eigenvalue weighted by Crippen LogP contribution is 2.11. The molecule has 2 rings (SSSR count). The van der Waals surface area contributed by atoms with Gasteiger partial charge in [0.2, 0.25) is 5.88 Å². The summed E-state index contributed by atoms with van der Waals surface area (Å²) in [7, 11) is 3.50. The molecule has 6 heteroatoms. The molecule has 0 unspecified atom stereocenters. The minimum atomic E-state index is 0.601. The van der Waals surface area contributed by atoms with Crippen molar-refractivity contribution < 1.29 is 4.74 Å². The highest BCUT2D eigenvalue weighted by atomic mass is 16.5.